The van der Waals surface area contributed by atoms with E-state index >= 15 is 0 Å². The van der Waals surface area contributed by atoms with Gasteiger partial charge in [0.25, 0.3) is 11.8 Å². The van der Waals surface area contributed by atoms with E-state index in [9.17, 15) is 41.5 Å². The van der Waals surface area contributed by atoms with Gasteiger partial charge in [-0.1, -0.05) is 11.5 Å². The first-order valence-electron chi connectivity index (χ1n) is 13.6. The largest absolute Gasteiger partial charge is 0.355 e. The second-order valence-corrected chi connectivity index (χ2v) is 11.5. The summed E-state index contributed by atoms with van der Waals surface area (Å²) in [5.74, 6) is -9.89. The van der Waals surface area contributed by atoms with Crippen LogP contribution in [-0.2, 0) is 30.6 Å². The van der Waals surface area contributed by atoms with E-state index in [1.165, 1.54) is 0 Å². The summed E-state index contributed by atoms with van der Waals surface area (Å²) in [5, 5.41) is 11.5. The molecule has 0 aliphatic carbocycles. The number of azide groups is 1. The van der Waals surface area contributed by atoms with Crippen LogP contribution in [0.1, 0.15) is 44.1 Å². The van der Waals surface area contributed by atoms with Gasteiger partial charge in [-0.2, -0.15) is 11.8 Å². The highest BCUT2D eigenvalue weighted by Gasteiger charge is 2.42. The van der Waals surface area contributed by atoms with Crippen molar-refractivity contribution in [3.8, 4) is 0 Å². The Morgan fingerprint density at radius 3 is 2.41 bits per heavy atom. The highest BCUT2D eigenvalue weighted by Crippen LogP contribution is 2.33. The lowest BCUT2D eigenvalue weighted by Gasteiger charge is -2.23. The van der Waals surface area contributed by atoms with Crippen LogP contribution in [0.25, 0.3) is 10.4 Å². The number of nitrogens with one attached hydrogen (secondary N) is 3. The number of unbranched alkanes of at least 4 members (excludes halogenated alkanes) is 1. The van der Waals surface area contributed by atoms with Gasteiger partial charge < -0.3 is 20.8 Å². The van der Waals surface area contributed by atoms with Crippen molar-refractivity contribution in [1.29, 1.82) is 0 Å². The molecule has 3 N–H and O–H groups in total. The molecule has 3 aliphatic rings. The van der Waals surface area contributed by atoms with Gasteiger partial charge in [-0.15, -0.1) is 5.06 Å². The average molecular weight is 645 g/mol. The molecule has 0 saturated carbocycles. The van der Waals surface area contributed by atoms with Gasteiger partial charge >= 0.3 is 12.0 Å². The number of hydroxylamine groups is 2. The fourth-order valence-corrected chi connectivity index (χ4v) is 6.61. The Hall–Kier alpha value is -4.09. The maximum atomic E-state index is 14.7. The van der Waals surface area contributed by atoms with E-state index in [2.05, 4.69) is 26.0 Å². The van der Waals surface area contributed by atoms with Crippen LogP contribution in [0.3, 0.4) is 0 Å². The van der Waals surface area contributed by atoms with Crippen LogP contribution in [0.2, 0.25) is 0 Å². The Morgan fingerprint density at radius 1 is 1.07 bits per heavy atom. The van der Waals surface area contributed by atoms with Gasteiger partial charge in [-0.3, -0.25) is 19.3 Å². The van der Waals surface area contributed by atoms with E-state index in [1.54, 1.807) is 11.8 Å². The molecule has 3 atom stereocenters. The normalized spacial score (nSPS) is 20.8. The first-order chi connectivity index (χ1) is 21.0. The second kappa shape index (κ2) is 14.6. The zero-order valence-electron chi connectivity index (χ0n) is 23.1. The van der Waals surface area contributed by atoms with Crippen molar-refractivity contribution in [2.24, 2.45) is 5.11 Å². The zero-order valence-corrected chi connectivity index (χ0v) is 23.9. The number of thioether (sulfide) groups is 1. The first kappa shape index (κ1) is 32.8. The van der Waals surface area contributed by atoms with Crippen LogP contribution < -0.4 is 16.0 Å². The Balaban J connectivity index is 1.33. The molecule has 0 radical (unpaired) electrons. The number of halogens is 4. The molecule has 3 unspecified atom stereocenters. The topological polar surface area (TPSA) is 186 Å². The highest BCUT2D eigenvalue weighted by atomic mass is 32.2. The number of carbonyl (C=O) groups excluding carboxylic acids is 5. The minimum atomic E-state index is -1.95. The number of nitrogens with zero attached hydrogens (tertiary/aromatic N) is 5. The van der Waals surface area contributed by atoms with Gasteiger partial charge in [0, 0.05) is 60.4 Å². The van der Waals surface area contributed by atoms with E-state index in [0.29, 0.717) is 6.42 Å². The number of amides is 5. The molecule has 14 nitrogen and oxygen atoms in total. The Morgan fingerprint density at radius 2 is 1.75 bits per heavy atom. The predicted molar refractivity (Wildman–Crippen MR) is 145 cm³/mol. The molecule has 4 rings (SSSR count). The molecule has 19 heteroatoms. The Labute approximate surface area is 251 Å². The van der Waals surface area contributed by atoms with Crippen LogP contribution in [0.4, 0.5) is 28.0 Å². The molecule has 0 spiro atoms. The van der Waals surface area contributed by atoms with Gasteiger partial charge in [0.2, 0.25) is 5.91 Å². The average Bonchev–Trinajstić information content (AvgIpc) is 3.64. The van der Waals surface area contributed by atoms with E-state index in [-0.39, 0.29) is 66.7 Å². The Kier molecular flexibility index (Phi) is 10.9. The lowest BCUT2D eigenvalue weighted by atomic mass is 10.0. The molecule has 1 aromatic rings. The second-order valence-electron chi connectivity index (χ2n) is 10.2. The van der Waals surface area contributed by atoms with E-state index in [4.69, 9.17) is 10.4 Å². The lowest BCUT2D eigenvalue weighted by Crippen LogP contribution is -2.41. The molecule has 3 aliphatic heterocycles. The summed E-state index contributed by atoms with van der Waals surface area (Å²) in [4.78, 5) is 67.8. The predicted octanol–water partition coefficient (Wildman–Crippen LogP) is 2.44. The van der Waals surface area contributed by atoms with Crippen LogP contribution in [0.5, 0.6) is 0 Å². The fraction of sp³-hybridized carbons (Fsp3) is 0.560. The molecular weight excluding hydrogens is 616 g/mol. The summed E-state index contributed by atoms with van der Waals surface area (Å²) in [6, 6.07) is -0.0418. The molecule has 3 fully saturated rings. The van der Waals surface area contributed by atoms with Crippen molar-refractivity contribution in [3.05, 3.63) is 39.3 Å². The standard InChI is InChI=1S/C25H28F4N8O6S/c26-19-12(20(27)22(29)24(21(19)28)34-35-30)9-36(10-18(41)43-37-16(39)5-6-17(37)40)8-7-31-15(38)4-2-1-3-14-23-13(11-44-14)32-25(42)33-23/h13-14,23H,1-11H2,(H,31,38)(H2,32,33,42). The number of fused-ring (bicyclic) bond motifs is 1. The molecule has 3 saturated heterocycles. The van der Waals surface area contributed by atoms with Crippen LogP contribution in [0.15, 0.2) is 5.11 Å². The van der Waals surface area contributed by atoms with Gasteiger partial charge in [-0.25, -0.2) is 27.2 Å². The Bertz CT molecular complexity index is 1350. The third-order valence-electron chi connectivity index (χ3n) is 7.24. The molecule has 238 valence electrons. The fourth-order valence-electron chi connectivity index (χ4n) is 5.06. The number of imide groups is 1. The van der Waals surface area contributed by atoms with Crippen molar-refractivity contribution in [3.63, 3.8) is 0 Å². The molecular formula is C25H28F4N8O6S. The monoisotopic (exact) mass is 644 g/mol. The molecule has 0 bridgehead atoms. The van der Waals surface area contributed by atoms with Gasteiger partial charge in [0.15, 0.2) is 23.3 Å². The van der Waals surface area contributed by atoms with Crippen molar-refractivity contribution in [2.45, 2.75) is 62.4 Å². The van der Waals surface area contributed by atoms with Gasteiger partial charge in [-0.05, 0) is 18.4 Å². The van der Waals surface area contributed by atoms with E-state index in [0.717, 1.165) is 23.5 Å². The third-order valence-corrected chi connectivity index (χ3v) is 8.75. The molecule has 44 heavy (non-hydrogen) atoms. The smallest absolute Gasteiger partial charge is 0.347 e. The summed E-state index contributed by atoms with van der Waals surface area (Å²) >= 11 is 1.75. The van der Waals surface area contributed by atoms with Crippen molar-refractivity contribution in [1.82, 2.24) is 25.9 Å². The van der Waals surface area contributed by atoms with Crippen molar-refractivity contribution in [2.75, 3.05) is 25.4 Å². The van der Waals surface area contributed by atoms with Crippen molar-refractivity contribution < 1.29 is 46.4 Å². The zero-order chi connectivity index (χ0) is 32.0. The lowest BCUT2D eigenvalue weighted by molar-refractivity contribution is -0.198. The number of hydrogen-bond acceptors (Lipinski definition) is 9. The number of benzene rings is 1. The van der Waals surface area contributed by atoms with Crippen LogP contribution in [0, 0.1) is 23.3 Å². The van der Waals surface area contributed by atoms with Crippen LogP contribution in [-0.4, -0.2) is 82.4 Å². The quantitative estimate of drug-likeness (QED) is 0.0403. The maximum Gasteiger partial charge on any atom is 0.347 e. The SMILES string of the molecule is [N-]=[N+]=Nc1c(F)c(F)c(CN(CCNC(=O)CCCCC2SCC3NC(=O)NC32)CC(=O)ON2C(=O)CCC2=O)c(F)c1F. The number of carbonyl (C=O) groups is 5. The molecule has 5 amide bonds. The number of urea groups is 1. The van der Waals surface area contributed by atoms with E-state index in [1.807, 2.05) is 0 Å². The minimum absolute atomic E-state index is 0.0487. The molecule has 1 aromatic carbocycles. The number of hydrogen-bond donors (Lipinski definition) is 3. The highest BCUT2D eigenvalue weighted by molar-refractivity contribution is 8.00. The molecule has 3 heterocycles. The summed E-state index contributed by atoms with van der Waals surface area (Å²) in [7, 11) is 0. The van der Waals surface area contributed by atoms with Gasteiger partial charge in [0.1, 0.15) is 5.69 Å². The van der Waals surface area contributed by atoms with Gasteiger partial charge in [0.05, 0.1) is 18.6 Å². The third kappa shape index (κ3) is 7.70. The summed E-state index contributed by atoms with van der Waals surface area (Å²) in [6.07, 6.45) is 1.85. The maximum absolute atomic E-state index is 14.7. The van der Waals surface area contributed by atoms with Crippen molar-refractivity contribution >= 4 is 47.2 Å². The van der Waals surface area contributed by atoms with Crippen LogP contribution >= 0.6 is 11.8 Å². The number of rotatable bonds is 14. The van der Waals surface area contributed by atoms with E-state index < -0.39 is 65.4 Å². The first-order valence-corrected chi connectivity index (χ1v) is 14.7. The summed E-state index contributed by atoms with van der Waals surface area (Å²) in [6.45, 7) is -2.11. The summed E-state index contributed by atoms with van der Waals surface area (Å²) < 4.78 is 58.0. The minimum Gasteiger partial charge on any atom is -0.355 e. The molecule has 0 aromatic heterocycles. The summed E-state index contributed by atoms with van der Waals surface area (Å²) in [5.41, 5.74) is 5.79.